The SMILES string of the molecule is CC(C)CCN(C)S(=O)(=O)CC#N. The summed E-state index contributed by atoms with van der Waals surface area (Å²) in [5, 5.41) is 8.27. The van der Waals surface area contributed by atoms with E-state index in [4.69, 9.17) is 5.26 Å². The third kappa shape index (κ3) is 4.86. The molecule has 0 saturated carbocycles. The van der Waals surface area contributed by atoms with Crippen LogP contribution < -0.4 is 0 Å². The van der Waals surface area contributed by atoms with Crippen LogP contribution in [0.15, 0.2) is 0 Å². The molecule has 0 aromatic carbocycles. The Balaban J connectivity index is 4.12. The van der Waals surface area contributed by atoms with Crippen molar-refractivity contribution >= 4 is 10.0 Å². The van der Waals surface area contributed by atoms with Crippen molar-refractivity contribution in [2.75, 3.05) is 19.3 Å². The molecule has 0 amide bonds. The van der Waals surface area contributed by atoms with Crippen molar-refractivity contribution in [3.8, 4) is 6.07 Å². The van der Waals surface area contributed by atoms with E-state index in [-0.39, 0.29) is 0 Å². The molecule has 13 heavy (non-hydrogen) atoms. The number of rotatable bonds is 5. The van der Waals surface area contributed by atoms with Crippen LogP contribution >= 0.6 is 0 Å². The van der Waals surface area contributed by atoms with Gasteiger partial charge in [0, 0.05) is 13.6 Å². The van der Waals surface area contributed by atoms with Gasteiger partial charge in [0.25, 0.3) is 0 Å². The fraction of sp³-hybridized carbons (Fsp3) is 0.875. The molecule has 0 aliphatic heterocycles. The van der Waals surface area contributed by atoms with Gasteiger partial charge in [-0.3, -0.25) is 0 Å². The fourth-order valence-corrected chi connectivity index (χ4v) is 1.54. The lowest BCUT2D eigenvalue weighted by molar-refractivity contribution is 0.430. The molecule has 0 unspecified atom stereocenters. The number of nitriles is 1. The summed E-state index contributed by atoms with van der Waals surface area (Å²) in [6, 6.07) is 1.65. The number of hydrogen-bond acceptors (Lipinski definition) is 3. The van der Waals surface area contributed by atoms with E-state index < -0.39 is 15.8 Å². The third-order valence-electron chi connectivity index (χ3n) is 1.74. The predicted octanol–water partition coefficient (Wildman–Crippen LogP) is 0.818. The summed E-state index contributed by atoms with van der Waals surface area (Å²) in [4.78, 5) is 0. The largest absolute Gasteiger partial charge is 0.227 e. The Bertz CT molecular complexity index is 277. The molecular formula is C8H16N2O2S. The molecule has 4 nitrogen and oxygen atoms in total. The molecule has 0 fully saturated rings. The molecule has 0 radical (unpaired) electrons. The summed E-state index contributed by atoms with van der Waals surface area (Å²) in [7, 11) is -1.82. The Hall–Kier alpha value is -0.600. The Morgan fingerprint density at radius 1 is 1.46 bits per heavy atom. The zero-order valence-electron chi connectivity index (χ0n) is 8.32. The first-order valence-corrected chi connectivity index (χ1v) is 5.82. The van der Waals surface area contributed by atoms with Crippen LogP contribution in [0.3, 0.4) is 0 Å². The van der Waals surface area contributed by atoms with Crippen molar-refractivity contribution in [3.63, 3.8) is 0 Å². The van der Waals surface area contributed by atoms with Crippen LogP contribution in [0.4, 0.5) is 0 Å². The maximum Gasteiger partial charge on any atom is 0.227 e. The van der Waals surface area contributed by atoms with Gasteiger partial charge in [-0.2, -0.15) is 5.26 Å². The van der Waals surface area contributed by atoms with Gasteiger partial charge >= 0.3 is 0 Å². The maximum atomic E-state index is 11.2. The van der Waals surface area contributed by atoms with Gasteiger partial charge in [-0.15, -0.1) is 0 Å². The van der Waals surface area contributed by atoms with E-state index in [0.29, 0.717) is 12.5 Å². The first-order chi connectivity index (χ1) is 5.90. The average molecular weight is 204 g/mol. The lowest BCUT2D eigenvalue weighted by Gasteiger charge is -2.15. The predicted molar refractivity (Wildman–Crippen MR) is 51.5 cm³/mol. The highest BCUT2D eigenvalue weighted by molar-refractivity contribution is 7.89. The molecule has 0 aromatic heterocycles. The quantitative estimate of drug-likeness (QED) is 0.666. The lowest BCUT2D eigenvalue weighted by atomic mass is 10.1. The molecule has 0 aliphatic carbocycles. The number of nitrogens with zero attached hydrogens (tertiary/aromatic N) is 2. The summed E-state index contributed by atoms with van der Waals surface area (Å²) in [6.07, 6.45) is 0.821. The van der Waals surface area contributed by atoms with Crippen molar-refractivity contribution in [3.05, 3.63) is 0 Å². The molecule has 0 spiro atoms. The Labute approximate surface area is 80.2 Å². The van der Waals surface area contributed by atoms with Crippen LogP contribution in [-0.4, -0.2) is 32.1 Å². The van der Waals surface area contributed by atoms with Crippen LogP contribution in [0.1, 0.15) is 20.3 Å². The fourth-order valence-electron chi connectivity index (χ4n) is 0.771. The highest BCUT2D eigenvalue weighted by Crippen LogP contribution is 2.04. The van der Waals surface area contributed by atoms with Crippen molar-refractivity contribution in [2.45, 2.75) is 20.3 Å². The van der Waals surface area contributed by atoms with Crippen LogP contribution in [0.2, 0.25) is 0 Å². The normalized spacial score (nSPS) is 12.0. The maximum absolute atomic E-state index is 11.2. The molecule has 0 heterocycles. The molecular weight excluding hydrogens is 188 g/mol. The Morgan fingerprint density at radius 2 is 2.00 bits per heavy atom. The molecule has 0 saturated heterocycles. The number of sulfonamides is 1. The summed E-state index contributed by atoms with van der Waals surface area (Å²) < 4.78 is 23.7. The molecule has 76 valence electrons. The third-order valence-corrected chi connectivity index (χ3v) is 3.37. The zero-order chi connectivity index (χ0) is 10.5. The minimum absolute atomic E-state index is 0.429. The van der Waals surface area contributed by atoms with Crippen molar-refractivity contribution in [1.82, 2.24) is 4.31 Å². The molecule has 0 bridgehead atoms. The Morgan fingerprint density at radius 3 is 2.38 bits per heavy atom. The minimum Gasteiger partial charge on any atom is -0.211 e. The second kappa shape index (κ2) is 5.20. The summed E-state index contributed by atoms with van der Waals surface area (Å²) >= 11 is 0. The first kappa shape index (κ1) is 12.4. The highest BCUT2D eigenvalue weighted by Gasteiger charge is 2.16. The van der Waals surface area contributed by atoms with Crippen LogP contribution in [-0.2, 0) is 10.0 Å². The van der Waals surface area contributed by atoms with E-state index in [2.05, 4.69) is 0 Å². The van der Waals surface area contributed by atoms with Crippen LogP contribution in [0.5, 0.6) is 0 Å². The van der Waals surface area contributed by atoms with Crippen molar-refractivity contribution in [2.24, 2.45) is 5.92 Å². The lowest BCUT2D eigenvalue weighted by Crippen LogP contribution is -2.30. The van der Waals surface area contributed by atoms with Gasteiger partial charge < -0.3 is 0 Å². The monoisotopic (exact) mass is 204 g/mol. The van der Waals surface area contributed by atoms with Gasteiger partial charge in [-0.05, 0) is 12.3 Å². The molecule has 0 aliphatic rings. The summed E-state index contributed by atoms with van der Waals surface area (Å²) in [6.45, 7) is 4.55. The van der Waals surface area contributed by atoms with Gasteiger partial charge in [0.15, 0.2) is 5.75 Å². The van der Waals surface area contributed by atoms with Crippen molar-refractivity contribution < 1.29 is 8.42 Å². The summed E-state index contributed by atoms with van der Waals surface area (Å²) in [5.41, 5.74) is 0. The molecule has 5 heteroatoms. The van der Waals surface area contributed by atoms with E-state index in [0.717, 1.165) is 6.42 Å². The summed E-state index contributed by atoms with van der Waals surface area (Å²) in [5.74, 6) is 0.0430. The first-order valence-electron chi connectivity index (χ1n) is 4.21. The average Bonchev–Trinajstić information content (AvgIpc) is 1.99. The van der Waals surface area contributed by atoms with Gasteiger partial charge in [0.1, 0.15) is 0 Å². The van der Waals surface area contributed by atoms with Crippen LogP contribution in [0, 0.1) is 17.2 Å². The van der Waals surface area contributed by atoms with Gasteiger partial charge in [-0.25, -0.2) is 12.7 Å². The number of hydrogen-bond donors (Lipinski definition) is 0. The second-order valence-corrected chi connectivity index (χ2v) is 5.49. The molecule has 0 N–H and O–H groups in total. The second-order valence-electron chi connectivity index (χ2n) is 3.42. The zero-order valence-corrected chi connectivity index (χ0v) is 9.13. The van der Waals surface area contributed by atoms with Gasteiger partial charge in [0.05, 0.1) is 6.07 Å². The van der Waals surface area contributed by atoms with Crippen molar-refractivity contribution in [1.29, 1.82) is 5.26 Å². The molecule has 0 atom stereocenters. The van der Waals surface area contributed by atoms with Gasteiger partial charge in [0.2, 0.25) is 10.0 Å². The van der Waals surface area contributed by atoms with E-state index in [1.54, 1.807) is 6.07 Å². The molecule has 0 aromatic rings. The van der Waals surface area contributed by atoms with E-state index in [1.807, 2.05) is 13.8 Å². The topological polar surface area (TPSA) is 61.2 Å². The minimum atomic E-state index is -3.33. The van der Waals surface area contributed by atoms with E-state index >= 15 is 0 Å². The van der Waals surface area contributed by atoms with Crippen LogP contribution in [0.25, 0.3) is 0 Å². The van der Waals surface area contributed by atoms with E-state index in [1.165, 1.54) is 11.4 Å². The van der Waals surface area contributed by atoms with Gasteiger partial charge in [-0.1, -0.05) is 13.8 Å². The standard InChI is InChI=1S/C8H16N2O2S/c1-8(2)4-6-10(3)13(11,12)7-5-9/h8H,4,6-7H2,1-3H3. The van der Waals surface area contributed by atoms with E-state index in [9.17, 15) is 8.42 Å². The Kier molecular flexibility index (Phi) is 4.96. The smallest absolute Gasteiger partial charge is 0.211 e. The molecule has 0 rings (SSSR count). The highest BCUT2D eigenvalue weighted by atomic mass is 32.2.